The van der Waals surface area contributed by atoms with E-state index in [1.54, 1.807) is 0 Å². The molecule has 0 spiro atoms. The molecule has 2 N–H and O–H groups in total. The van der Waals surface area contributed by atoms with E-state index in [-0.39, 0.29) is 36.0 Å². The van der Waals surface area contributed by atoms with Gasteiger partial charge in [0.05, 0.1) is 0 Å². The standard InChI is InChI=1S/C25H32N4O2.HI/c1-26-25(29-13-12-21(18-29)15-19-7-3-2-4-8-19)27-17-20-9-5-10-22(16-20)28-24(30)23-11-6-14-31-23;/h2-5,7-10,16,21,23H,6,11-15,17-18H2,1H3,(H,26,27)(H,28,30);1H. The highest BCUT2D eigenvalue weighted by Crippen LogP contribution is 2.21. The number of carbonyl (C=O) groups excluding carboxylic acids is 1. The van der Waals surface area contributed by atoms with Crippen LogP contribution in [0.4, 0.5) is 5.69 Å². The summed E-state index contributed by atoms with van der Waals surface area (Å²) in [5.41, 5.74) is 3.31. The number of nitrogens with zero attached hydrogens (tertiary/aromatic N) is 2. The quantitative estimate of drug-likeness (QED) is 0.325. The van der Waals surface area contributed by atoms with Gasteiger partial charge in [-0.05, 0) is 54.9 Å². The van der Waals surface area contributed by atoms with Crippen LogP contribution in [0.3, 0.4) is 0 Å². The number of halogens is 1. The van der Waals surface area contributed by atoms with Crippen molar-refractivity contribution in [2.24, 2.45) is 10.9 Å². The van der Waals surface area contributed by atoms with E-state index in [0.717, 1.165) is 49.6 Å². The lowest BCUT2D eigenvalue weighted by atomic mass is 9.99. The molecule has 0 radical (unpaired) electrons. The number of guanidine groups is 1. The van der Waals surface area contributed by atoms with Gasteiger partial charge >= 0.3 is 0 Å². The molecule has 2 unspecified atom stereocenters. The lowest BCUT2D eigenvalue weighted by molar-refractivity contribution is -0.124. The number of hydrogen-bond acceptors (Lipinski definition) is 3. The predicted octanol–water partition coefficient (Wildman–Crippen LogP) is 4.06. The Labute approximate surface area is 207 Å². The summed E-state index contributed by atoms with van der Waals surface area (Å²) in [5.74, 6) is 1.53. The lowest BCUT2D eigenvalue weighted by Crippen LogP contribution is -2.39. The highest BCUT2D eigenvalue weighted by molar-refractivity contribution is 14.0. The smallest absolute Gasteiger partial charge is 0.253 e. The van der Waals surface area contributed by atoms with E-state index in [1.807, 2.05) is 25.2 Å². The third kappa shape index (κ3) is 6.68. The molecule has 4 rings (SSSR count). The van der Waals surface area contributed by atoms with E-state index in [1.165, 1.54) is 12.0 Å². The monoisotopic (exact) mass is 548 g/mol. The lowest BCUT2D eigenvalue weighted by Gasteiger charge is -2.22. The molecular formula is C25H33IN4O2. The van der Waals surface area contributed by atoms with Crippen molar-refractivity contribution in [1.29, 1.82) is 0 Å². The van der Waals surface area contributed by atoms with Crippen LogP contribution < -0.4 is 10.6 Å². The summed E-state index contributed by atoms with van der Waals surface area (Å²) in [5, 5.41) is 6.46. The Hall–Kier alpha value is -2.13. The molecule has 6 nitrogen and oxygen atoms in total. The molecule has 0 aliphatic carbocycles. The highest BCUT2D eigenvalue weighted by atomic mass is 127. The number of ether oxygens (including phenoxy) is 1. The number of benzene rings is 2. The fourth-order valence-corrected chi connectivity index (χ4v) is 4.42. The number of likely N-dealkylation sites (tertiary alicyclic amines) is 1. The summed E-state index contributed by atoms with van der Waals surface area (Å²) in [6.07, 6.45) is 3.72. The minimum atomic E-state index is -0.320. The van der Waals surface area contributed by atoms with Gasteiger partial charge in [-0.25, -0.2) is 0 Å². The normalized spacial score (nSPS) is 20.7. The number of nitrogens with one attached hydrogen (secondary N) is 2. The molecule has 2 saturated heterocycles. The van der Waals surface area contributed by atoms with Gasteiger partial charge in [-0.3, -0.25) is 9.79 Å². The molecule has 2 heterocycles. The first-order valence-electron chi connectivity index (χ1n) is 11.2. The van der Waals surface area contributed by atoms with E-state index >= 15 is 0 Å². The van der Waals surface area contributed by atoms with E-state index in [0.29, 0.717) is 19.1 Å². The second-order valence-corrected chi connectivity index (χ2v) is 8.38. The number of anilines is 1. The zero-order valence-corrected chi connectivity index (χ0v) is 21.0. The summed E-state index contributed by atoms with van der Waals surface area (Å²) in [4.78, 5) is 19.1. The summed E-state index contributed by atoms with van der Waals surface area (Å²) in [6, 6.07) is 18.7. The first-order chi connectivity index (χ1) is 15.2. The third-order valence-electron chi connectivity index (χ3n) is 6.03. The predicted molar refractivity (Wildman–Crippen MR) is 139 cm³/mol. The number of carbonyl (C=O) groups is 1. The second kappa shape index (κ2) is 12.2. The van der Waals surface area contributed by atoms with Crippen molar-refractivity contribution in [3.63, 3.8) is 0 Å². The summed E-state index contributed by atoms with van der Waals surface area (Å²) >= 11 is 0. The van der Waals surface area contributed by atoms with Gasteiger partial charge in [0.1, 0.15) is 6.10 Å². The van der Waals surface area contributed by atoms with Gasteiger partial charge in [0.25, 0.3) is 5.91 Å². The van der Waals surface area contributed by atoms with Crippen molar-refractivity contribution in [1.82, 2.24) is 10.2 Å². The SMILES string of the molecule is CN=C(NCc1cccc(NC(=O)C2CCCO2)c1)N1CCC(Cc2ccccc2)C1.I. The number of hydrogen-bond donors (Lipinski definition) is 2. The van der Waals surface area contributed by atoms with Crippen LogP contribution in [0.2, 0.25) is 0 Å². The Morgan fingerprint density at radius 3 is 2.69 bits per heavy atom. The Morgan fingerprint density at radius 2 is 1.94 bits per heavy atom. The van der Waals surface area contributed by atoms with Gasteiger partial charge in [0.15, 0.2) is 5.96 Å². The van der Waals surface area contributed by atoms with Gasteiger partial charge in [-0.15, -0.1) is 24.0 Å². The van der Waals surface area contributed by atoms with Crippen LogP contribution in [-0.2, 0) is 22.5 Å². The molecule has 2 aromatic rings. The maximum atomic E-state index is 12.3. The molecule has 0 saturated carbocycles. The zero-order chi connectivity index (χ0) is 21.5. The molecule has 7 heteroatoms. The average Bonchev–Trinajstić information content (AvgIpc) is 3.48. The van der Waals surface area contributed by atoms with Crippen molar-refractivity contribution in [2.45, 2.75) is 38.3 Å². The molecule has 2 fully saturated rings. The van der Waals surface area contributed by atoms with Gasteiger partial charge in [0.2, 0.25) is 0 Å². The van der Waals surface area contributed by atoms with Crippen LogP contribution in [0.1, 0.15) is 30.4 Å². The van der Waals surface area contributed by atoms with E-state index in [4.69, 9.17) is 4.74 Å². The summed E-state index contributed by atoms with van der Waals surface area (Å²) in [6.45, 7) is 3.38. The van der Waals surface area contributed by atoms with E-state index in [9.17, 15) is 4.79 Å². The number of rotatable bonds is 6. The fourth-order valence-electron chi connectivity index (χ4n) is 4.42. The van der Waals surface area contributed by atoms with Crippen LogP contribution in [-0.4, -0.2) is 49.6 Å². The van der Waals surface area contributed by atoms with Gasteiger partial charge in [-0.2, -0.15) is 0 Å². The van der Waals surface area contributed by atoms with Crippen molar-refractivity contribution in [3.05, 3.63) is 65.7 Å². The summed E-state index contributed by atoms with van der Waals surface area (Å²) in [7, 11) is 1.84. The van der Waals surface area contributed by atoms with Crippen molar-refractivity contribution < 1.29 is 9.53 Å². The maximum Gasteiger partial charge on any atom is 0.253 e. The zero-order valence-electron chi connectivity index (χ0n) is 18.6. The highest BCUT2D eigenvalue weighted by Gasteiger charge is 2.25. The van der Waals surface area contributed by atoms with Crippen molar-refractivity contribution in [2.75, 3.05) is 32.1 Å². The van der Waals surface area contributed by atoms with Crippen LogP contribution in [0.25, 0.3) is 0 Å². The molecule has 1 amide bonds. The Morgan fingerprint density at radius 1 is 1.12 bits per heavy atom. The Balaban J connectivity index is 0.00000289. The van der Waals surface area contributed by atoms with Crippen LogP contribution in [0.15, 0.2) is 59.6 Å². The van der Waals surface area contributed by atoms with E-state index in [2.05, 4.69) is 56.9 Å². The van der Waals surface area contributed by atoms with Crippen LogP contribution in [0.5, 0.6) is 0 Å². The van der Waals surface area contributed by atoms with Gasteiger partial charge in [0, 0.05) is 39.0 Å². The Kier molecular flexibility index (Phi) is 9.35. The maximum absolute atomic E-state index is 12.3. The fraction of sp³-hybridized carbons (Fsp3) is 0.440. The van der Waals surface area contributed by atoms with Gasteiger partial charge in [-0.1, -0.05) is 42.5 Å². The largest absolute Gasteiger partial charge is 0.368 e. The molecule has 2 aliphatic rings. The molecule has 0 aromatic heterocycles. The molecule has 32 heavy (non-hydrogen) atoms. The molecule has 2 aliphatic heterocycles. The molecule has 2 atom stereocenters. The van der Waals surface area contributed by atoms with Crippen LogP contribution >= 0.6 is 24.0 Å². The molecular weight excluding hydrogens is 515 g/mol. The first-order valence-corrected chi connectivity index (χ1v) is 11.2. The number of amides is 1. The first kappa shape index (κ1) is 24.5. The molecule has 2 aromatic carbocycles. The second-order valence-electron chi connectivity index (χ2n) is 8.38. The number of aliphatic imine (C=N–C) groups is 1. The molecule has 172 valence electrons. The molecule has 0 bridgehead atoms. The minimum absolute atomic E-state index is 0. The Bertz CT molecular complexity index is 900. The van der Waals surface area contributed by atoms with Crippen LogP contribution in [0, 0.1) is 5.92 Å². The third-order valence-corrected chi connectivity index (χ3v) is 6.03. The summed E-state index contributed by atoms with van der Waals surface area (Å²) < 4.78 is 5.47. The topological polar surface area (TPSA) is 66.0 Å². The minimum Gasteiger partial charge on any atom is -0.368 e. The van der Waals surface area contributed by atoms with E-state index < -0.39 is 0 Å². The van der Waals surface area contributed by atoms with Crippen molar-refractivity contribution in [3.8, 4) is 0 Å². The van der Waals surface area contributed by atoms with Crippen molar-refractivity contribution >= 4 is 41.5 Å². The van der Waals surface area contributed by atoms with Gasteiger partial charge < -0.3 is 20.3 Å². The average molecular weight is 548 g/mol.